The number of benzene rings is 1. The molecule has 0 bridgehead atoms. The first-order valence-electron chi connectivity index (χ1n) is 6.81. The number of halogens is 1. The minimum Gasteiger partial charge on any atom is -0.348 e. The van der Waals surface area contributed by atoms with E-state index in [-0.39, 0.29) is 11.9 Å². The Bertz CT molecular complexity index is 616. The Morgan fingerprint density at radius 1 is 1.38 bits per heavy atom. The van der Waals surface area contributed by atoms with Gasteiger partial charge in [0.1, 0.15) is 6.04 Å². The summed E-state index contributed by atoms with van der Waals surface area (Å²) in [6.07, 6.45) is 2.41. The molecule has 2 atom stereocenters. The van der Waals surface area contributed by atoms with Crippen LogP contribution in [0.3, 0.4) is 0 Å². The van der Waals surface area contributed by atoms with E-state index in [1.165, 1.54) is 4.31 Å². The smallest absolute Gasteiger partial charge is 0.238 e. The monoisotopic (exact) mass is 330 g/mol. The summed E-state index contributed by atoms with van der Waals surface area (Å²) in [5.74, 6) is -0.250. The molecule has 116 valence electrons. The molecule has 0 aliphatic carbocycles. The van der Waals surface area contributed by atoms with E-state index in [1.807, 2.05) is 19.1 Å². The molecule has 7 heteroatoms. The quantitative estimate of drug-likeness (QED) is 0.917. The van der Waals surface area contributed by atoms with E-state index >= 15 is 0 Å². The van der Waals surface area contributed by atoms with E-state index in [0.717, 1.165) is 11.8 Å². The van der Waals surface area contributed by atoms with Gasteiger partial charge < -0.3 is 5.32 Å². The summed E-state index contributed by atoms with van der Waals surface area (Å²) in [4.78, 5) is 12.3. The summed E-state index contributed by atoms with van der Waals surface area (Å²) in [6.45, 7) is 2.27. The Balaban J connectivity index is 2.05. The van der Waals surface area contributed by atoms with Gasteiger partial charge in [0.2, 0.25) is 15.9 Å². The van der Waals surface area contributed by atoms with Gasteiger partial charge in [-0.05, 0) is 37.5 Å². The van der Waals surface area contributed by atoms with Crippen molar-refractivity contribution in [3.8, 4) is 0 Å². The van der Waals surface area contributed by atoms with Crippen molar-refractivity contribution < 1.29 is 13.2 Å². The molecule has 0 saturated carbocycles. The number of carbonyl (C=O) groups excluding carboxylic acids is 1. The maximum Gasteiger partial charge on any atom is 0.238 e. The molecule has 1 aliphatic rings. The largest absolute Gasteiger partial charge is 0.348 e. The first-order valence-corrected chi connectivity index (χ1v) is 9.04. The fourth-order valence-electron chi connectivity index (χ4n) is 2.54. The molecule has 1 amide bonds. The van der Waals surface area contributed by atoms with Crippen molar-refractivity contribution >= 4 is 27.5 Å². The first kappa shape index (κ1) is 16.3. The van der Waals surface area contributed by atoms with Crippen LogP contribution in [0.1, 0.15) is 31.4 Å². The Kier molecular flexibility index (Phi) is 4.91. The molecule has 1 aromatic carbocycles. The van der Waals surface area contributed by atoms with Gasteiger partial charge in [0.25, 0.3) is 0 Å². The fraction of sp³-hybridized carbons (Fsp3) is 0.500. The minimum atomic E-state index is -3.35. The normalized spacial score (nSPS) is 21.2. The van der Waals surface area contributed by atoms with Gasteiger partial charge in [-0.3, -0.25) is 4.79 Å². The Morgan fingerprint density at radius 3 is 2.57 bits per heavy atom. The van der Waals surface area contributed by atoms with Gasteiger partial charge in [0.05, 0.1) is 12.3 Å². The average Bonchev–Trinajstić information content (AvgIpc) is 2.88. The molecule has 2 rings (SSSR count). The number of carbonyl (C=O) groups is 1. The van der Waals surface area contributed by atoms with Crippen molar-refractivity contribution in [1.29, 1.82) is 0 Å². The highest BCUT2D eigenvalue weighted by Gasteiger charge is 2.36. The number of nitrogens with one attached hydrogen (secondary N) is 1. The van der Waals surface area contributed by atoms with Crippen LogP contribution in [0.2, 0.25) is 5.02 Å². The summed E-state index contributed by atoms with van der Waals surface area (Å²) < 4.78 is 24.6. The number of hydrogen-bond donors (Lipinski definition) is 1. The molecule has 5 nitrogen and oxygen atoms in total. The number of rotatable bonds is 4. The van der Waals surface area contributed by atoms with Gasteiger partial charge in [-0.25, -0.2) is 8.42 Å². The molecule has 1 heterocycles. The van der Waals surface area contributed by atoms with Crippen molar-refractivity contribution in [3.05, 3.63) is 34.9 Å². The molecule has 0 unspecified atom stereocenters. The van der Waals surface area contributed by atoms with Crippen LogP contribution < -0.4 is 5.32 Å². The van der Waals surface area contributed by atoms with Crippen LogP contribution in [0.25, 0.3) is 0 Å². The zero-order valence-corrected chi connectivity index (χ0v) is 13.6. The van der Waals surface area contributed by atoms with Gasteiger partial charge in [-0.1, -0.05) is 23.7 Å². The summed E-state index contributed by atoms with van der Waals surface area (Å²) >= 11 is 5.83. The minimum absolute atomic E-state index is 0.197. The lowest BCUT2D eigenvalue weighted by Gasteiger charge is -2.23. The van der Waals surface area contributed by atoms with Crippen LogP contribution in [0, 0.1) is 0 Å². The number of hydrogen-bond acceptors (Lipinski definition) is 3. The average molecular weight is 331 g/mol. The zero-order chi connectivity index (χ0) is 15.6. The van der Waals surface area contributed by atoms with E-state index in [1.54, 1.807) is 12.1 Å². The lowest BCUT2D eigenvalue weighted by atomic mass is 10.1. The lowest BCUT2D eigenvalue weighted by molar-refractivity contribution is -0.124. The van der Waals surface area contributed by atoms with E-state index < -0.39 is 16.1 Å². The Morgan fingerprint density at radius 2 is 2.00 bits per heavy atom. The van der Waals surface area contributed by atoms with Crippen molar-refractivity contribution in [3.63, 3.8) is 0 Å². The highest BCUT2D eigenvalue weighted by Crippen LogP contribution is 2.22. The molecule has 0 spiro atoms. The van der Waals surface area contributed by atoms with E-state index in [9.17, 15) is 13.2 Å². The van der Waals surface area contributed by atoms with E-state index in [4.69, 9.17) is 11.6 Å². The molecule has 0 radical (unpaired) electrons. The highest BCUT2D eigenvalue weighted by atomic mass is 35.5. The number of sulfonamides is 1. The summed E-state index contributed by atoms with van der Waals surface area (Å²) in [7, 11) is -3.35. The number of amides is 1. The van der Waals surface area contributed by atoms with Gasteiger partial charge in [-0.2, -0.15) is 4.31 Å². The summed E-state index contributed by atoms with van der Waals surface area (Å²) in [5, 5.41) is 3.51. The van der Waals surface area contributed by atoms with E-state index in [0.29, 0.717) is 24.4 Å². The Hall–Kier alpha value is -1.11. The third kappa shape index (κ3) is 3.96. The molecular weight excluding hydrogens is 312 g/mol. The number of nitrogens with zero attached hydrogens (tertiary/aromatic N) is 1. The molecule has 0 aromatic heterocycles. The van der Waals surface area contributed by atoms with E-state index in [2.05, 4.69) is 5.32 Å². The third-order valence-corrected chi connectivity index (χ3v) is 5.20. The first-order chi connectivity index (χ1) is 9.79. The van der Waals surface area contributed by atoms with Gasteiger partial charge in [-0.15, -0.1) is 0 Å². The molecular formula is C14H19ClN2O3S. The molecule has 1 aliphatic heterocycles. The van der Waals surface area contributed by atoms with Crippen molar-refractivity contribution in [2.24, 2.45) is 0 Å². The standard InChI is InChI=1S/C14H19ClN2O3S/c1-10(11-5-7-12(15)8-6-11)16-14(18)13-4-3-9-17(13)21(2,19)20/h5-8,10,13H,3-4,9H2,1-2H3,(H,16,18)/t10-,13+/m1/s1. The second kappa shape index (κ2) is 6.34. The second-order valence-electron chi connectivity index (χ2n) is 5.31. The molecule has 1 aromatic rings. The molecule has 21 heavy (non-hydrogen) atoms. The SMILES string of the molecule is C[C@@H](NC(=O)[C@@H]1CCCN1S(C)(=O)=O)c1ccc(Cl)cc1. The molecule has 1 saturated heterocycles. The van der Waals surface area contributed by atoms with Crippen molar-refractivity contribution in [1.82, 2.24) is 9.62 Å². The van der Waals surface area contributed by atoms with Gasteiger partial charge in [0, 0.05) is 11.6 Å². The summed E-state index contributed by atoms with van der Waals surface area (Å²) in [6, 6.07) is 6.41. The van der Waals surface area contributed by atoms with Crippen LogP contribution in [-0.4, -0.2) is 37.5 Å². The zero-order valence-electron chi connectivity index (χ0n) is 12.0. The lowest BCUT2D eigenvalue weighted by Crippen LogP contribution is -2.46. The summed E-state index contributed by atoms with van der Waals surface area (Å²) in [5.41, 5.74) is 0.927. The predicted molar refractivity (Wildman–Crippen MR) is 82.6 cm³/mol. The maximum absolute atomic E-state index is 12.3. The van der Waals surface area contributed by atoms with Gasteiger partial charge in [0.15, 0.2) is 0 Å². The topological polar surface area (TPSA) is 66.5 Å². The van der Waals surface area contributed by atoms with Crippen LogP contribution in [0.15, 0.2) is 24.3 Å². The fourth-order valence-corrected chi connectivity index (χ4v) is 3.79. The van der Waals surface area contributed by atoms with Crippen LogP contribution in [0.4, 0.5) is 0 Å². The van der Waals surface area contributed by atoms with Gasteiger partial charge >= 0.3 is 0 Å². The molecule has 1 N–H and O–H groups in total. The van der Waals surface area contributed by atoms with Crippen LogP contribution in [-0.2, 0) is 14.8 Å². The highest BCUT2D eigenvalue weighted by molar-refractivity contribution is 7.88. The van der Waals surface area contributed by atoms with Crippen molar-refractivity contribution in [2.45, 2.75) is 31.8 Å². The third-order valence-electron chi connectivity index (χ3n) is 3.66. The maximum atomic E-state index is 12.3. The predicted octanol–water partition coefficient (Wildman–Crippen LogP) is 1.94. The van der Waals surface area contributed by atoms with Crippen molar-refractivity contribution in [2.75, 3.05) is 12.8 Å². The second-order valence-corrected chi connectivity index (χ2v) is 7.69. The Labute approximate surface area is 130 Å². The van der Waals surface area contributed by atoms with Crippen LogP contribution in [0.5, 0.6) is 0 Å². The molecule has 1 fully saturated rings. The van der Waals surface area contributed by atoms with Crippen LogP contribution >= 0.6 is 11.6 Å².